The Morgan fingerprint density at radius 3 is 2.66 bits per heavy atom. The van der Waals surface area contributed by atoms with Gasteiger partial charge in [-0.1, -0.05) is 31.0 Å². The summed E-state index contributed by atoms with van der Waals surface area (Å²) in [6, 6.07) is 8.15. The number of rotatable bonds is 6. The highest BCUT2D eigenvalue weighted by Gasteiger charge is 2.19. The van der Waals surface area contributed by atoms with Gasteiger partial charge in [0.15, 0.2) is 5.13 Å². The molecular formula is C22H27N5OS. The maximum absolute atomic E-state index is 12.9. The van der Waals surface area contributed by atoms with Crippen LogP contribution in [0.25, 0.3) is 5.69 Å². The summed E-state index contributed by atoms with van der Waals surface area (Å²) in [7, 11) is 0. The predicted octanol–water partition coefficient (Wildman–Crippen LogP) is 4.44. The molecular weight excluding hydrogens is 382 g/mol. The zero-order valence-electron chi connectivity index (χ0n) is 17.0. The number of thiazole rings is 1. The van der Waals surface area contributed by atoms with Crippen LogP contribution in [0.1, 0.15) is 53.5 Å². The van der Waals surface area contributed by atoms with Gasteiger partial charge in [-0.05, 0) is 51.4 Å². The molecule has 4 rings (SSSR count). The molecule has 1 fully saturated rings. The number of likely N-dealkylation sites (tertiary alicyclic amines) is 1. The first kappa shape index (κ1) is 19.8. The number of nitrogens with one attached hydrogen (secondary N) is 1. The van der Waals surface area contributed by atoms with E-state index in [1.165, 1.54) is 36.2 Å². The van der Waals surface area contributed by atoms with Gasteiger partial charge >= 0.3 is 0 Å². The average molecular weight is 410 g/mol. The maximum Gasteiger partial charge on any atom is 0.260 e. The Hall–Kier alpha value is -2.51. The molecule has 0 atom stereocenters. The minimum absolute atomic E-state index is 0.154. The zero-order chi connectivity index (χ0) is 20.2. The van der Waals surface area contributed by atoms with E-state index in [1.54, 1.807) is 6.20 Å². The molecule has 1 aromatic carbocycles. The van der Waals surface area contributed by atoms with Gasteiger partial charge < -0.3 is 0 Å². The van der Waals surface area contributed by atoms with E-state index in [2.05, 4.69) is 39.4 Å². The number of carbonyl (C=O) groups is 1. The lowest BCUT2D eigenvalue weighted by Crippen LogP contribution is -2.29. The first-order valence-corrected chi connectivity index (χ1v) is 11.1. The molecule has 3 aromatic rings. The number of anilines is 1. The second kappa shape index (κ2) is 8.88. The number of aromatic nitrogens is 3. The average Bonchev–Trinajstić information content (AvgIpc) is 3.36. The predicted molar refractivity (Wildman–Crippen MR) is 117 cm³/mol. The maximum atomic E-state index is 12.9. The van der Waals surface area contributed by atoms with Crippen LogP contribution in [0.3, 0.4) is 0 Å². The van der Waals surface area contributed by atoms with Crippen LogP contribution >= 0.6 is 11.3 Å². The van der Waals surface area contributed by atoms with Crippen molar-refractivity contribution in [2.24, 2.45) is 0 Å². The molecule has 7 heteroatoms. The van der Waals surface area contributed by atoms with Gasteiger partial charge in [-0.2, -0.15) is 5.10 Å². The monoisotopic (exact) mass is 409 g/mol. The highest BCUT2D eigenvalue weighted by molar-refractivity contribution is 7.14. The van der Waals surface area contributed by atoms with Gasteiger partial charge in [0.25, 0.3) is 5.91 Å². The van der Waals surface area contributed by atoms with Crippen LogP contribution < -0.4 is 5.32 Å². The Morgan fingerprint density at radius 2 is 1.93 bits per heavy atom. The van der Waals surface area contributed by atoms with E-state index in [0.29, 0.717) is 17.1 Å². The lowest BCUT2D eigenvalue weighted by Gasteiger charge is -2.25. The van der Waals surface area contributed by atoms with E-state index in [1.807, 2.05) is 29.1 Å². The third-order valence-electron chi connectivity index (χ3n) is 5.33. The Morgan fingerprint density at radius 1 is 1.17 bits per heavy atom. The van der Waals surface area contributed by atoms with Crippen molar-refractivity contribution < 1.29 is 4.79 Å². The van der Waals surface area contributed by atoms with E-state index in [-0.39, 0.29) is 5.91 Å². The molecule has 0 spiro atoms. The van der Waals surface area contributed by atoms with Crippen molar-refractivity contribution in [3.8, 4) is 5.69 Å². The van der Waals surface area contributed by atoms with Crippen molar-refractivity contribution in [1.29, 1.82) is 0 Å². The number of carbonyl (C=O) groups excluding carboxylic acids is 1. The fraction of sp³-hybridized carbons (Fsp3) is 0.409. The van der Waals surface area contributed by atoms with E-state index in [9.17, 15) is 4.79 Å². The SMILES string of the molecule is CCc1c(C(=O)Nc2nc(CN3CCCCC3)cs2)cnn1-c1ccc(C)cc1. The number of hydrogen-bond donors (Lipinski definition) is 1. The highest BCUT2D eigenvalue weighted by atomic mass is 32.1. The van der Waals surface area contributed by atoms with Crippen molar-refractivity contribution >= 4 is 22.4 Å². The smallest absolute Gasteiger partial charge is 0.260 e. The van der Waals surface area contributed by atoms with Crippen LogP contribution in [0.2, 0.25) is 0 Å². The zero-order valence-corrected chi connectivity index (χ0v) is 17.8. The van der Waals surface area contributed by atoms with Crippen LogP contribution in [0.5, 0.6) is 0 Å². The van der Waals surface area contributed by atoms with Gasteiger partial charge in [0.1, 0.15) is 0 Å². The largest absolute Gasteiger partial charge is 0.298 e. The van der Waals surface area contributed by atoms with Crippen LogP contribution in [-0.4, -0.2) is 38.7 Å². The van der Waals surface area contributed by atoms with Gasteiger partial charge in [-0.3, -0.25) is 15.0 Å². The molecule has 1 N–H and O–H groups in total. The Balaban J connectivity index is 1.46. The molecule has 0 unspecified atom stereocenters. The molecule has 0 radical (unpaired) electrons. The summed E-state index contributed by atoms with van der Waals surface area (Å²) >= 11 is 1.48. The Labute approximate surface area is 175 Å². The summed E-state index contributed by atoms with van der Waals surface area (Å²) < 4.78 is 1.85. The fourth-order valence-corrected chi connectivity index (χ4v) is 4.46. The fourth-order valence-electron chi connectivity index (χ4n) is 3.76. The second-order valence-electron chi connectivity index (χ2n) is 7.54. The van der Waals surface area contributed by atoms with E-state index in [4.69, 9.17) is 0 Å². The van der Waals surface area contributed by atoms with Crippen molar-refractivity contribution in [1.82, 2.24) is 19.7 Å². The van der Waals surface area contributed by atoms with Crippen LogP contribution in [0, 0.1) is 6.92 Å². The third-order valence-corrected chi connectivity index (χ3v) is 6.14. The van der Waals surface area contributed by atoms with Crippen molar-refractivity contribution in [2.75, 3.05) is 18.4 Å². The second-order valence-corrected chi connectivity index (χ2v) is 8.40. The molecule has 1 amide bonds. The van der Waals surface area contributed by atoms with Gasteiger partial charge in [-0.15, -0.1) is 11.3 Å². The third kappa shape index (κ3) is 4.57. The number of nitrogens with zero attached hydrogens (tertiary/aromatic N) is 4. The first-order valence-electron chi connectivity index (χ1n) is 10.3. The summed E-state index contributed by atoms with van der Waals surface area (Å²) in [6.45, 7) is 7.23. The lowest BCUT2D eigenvalue weighted by atomic mass is 10.1. The van der Waals surface area contributed by atoms with Crippen LogP contribution in [0.4, 0.5) is 5.13 Å². The van der Waals surface area contributed by atoms with E-state index >= 15 is 0 Å². The standard InChI is InChI=1S/C22H27N5OS/c1-3-20-19(13-23-27(20)18-9-7-16(2)8-10-18)21(28)25-22-24-17(15-29-22)14-26-11-5-4-6-12-26/h7-10,13,15H,3-6,11-12,14H2,1-2H3,(H,24,25,28). The van der Waals surface area contributed by atoms with Gasteiger partial charge in [-0.25, -0.2) is 9.67 Å². The summed E-state index contributed by atoms with van der Waals surface area (Å²) in [5.41, 5.74) is 4.68. The topological polar surface area (TPSA) is 63.1 Å². The molecule has 6 nitrogen and oxygen atoms in total. The highest BCUT2D eigenvalue weighted by Crippen LogP contribution is 2.21. The first-order chi connectivity index (χ1) is 14.1. The molecule has 1 aliphatic heterocycles. The summed E-state index contributed by atoms with van der Waals surface area (Å²) in [5.74, 6) is -0.154. The molecule has 2 aromatic heterocycles. The van der Waals surface area contributed by atoms with Gasteiger partial charge in [0.05, 0.1) is 28.8 Å². The number of amides is 1. The number of benzene rings is 1. The van der Waals surface area contributed by atoms with Crippen LogP contribution in [0.15, 0.2) is 35.8 Å². The molecule has 0 saturated carbocycles. The normalized spacial score (nSPS) is 14.8. The minimum atomic E-state index is -0.154. The summed E-state index contributed by atoms with van der Waals surface area (Å²) in [6.07, 6.45) is 6.22. The molecule has 0 bridgehead atoms. The van der Waals surface area contributed by atoms with E-state index in [0.717, 1.165) is 36.7 Å². The number of aryl methyl sites for hydroxylation is 1. The van der Waals surface area contributed by atoms with Gasteiger partial charge in [0, 0.05) is 11.9 Å². The molecule has 152 valence electrons. The van der Waals surface area contributed by atoms with Crippen LogP contribution in [-0.2, 0) is 13.0 Å². The van der Waals surface area contributed by atoms with Gasteiger partial charge in [0.2, 0.25) is 0 Å². The Kier molecular flexibility index (Phi) is 6.06. The van der Waals surface area contributed by atoms with Crippen molar-refractivity contribution in [3.05, 3.63) is 58.4 Å². The summed E-state index contributed by atoms with van der Waals surface area (Å²) in [5, 5.41) is 10.1. The van der Waals surface area contributed by atoms with Crippen molar-refractivity contribution in [3.63, 3.8) is 0 Å². The minimum Gasteiger partial charge on any atom is -0.298 e. The lowest BCUT2D eigenvalue weighted by molar-refractivity contribution is 0.102. The number of hydrogen-bond acceptors (Lipinski definition) is 5. The quantitative estimate of drug-likeness (QED) is 0.654. The molecule has 3 heterocycles. The van der Waals surface area contributed by atoms with E-state index < -0.39 is 0 Å². The summed E-state index contributed by atoms with van der Waals surface area (Å²) in [4.78, 5) is 19.9. The van der Waals surface area contributed by atoms with Crippen molar-refractivity contribution in [2.45, 2.75) is 46.1 Å². The molecule has 1 aliphatic rings. The molecule has 0 aliphatic carbocycles. The Bertz CT molecular complexity index is 970. The number of piperidine rings is 1. The molecule has 29 heavy (non-hydrogen) atoms. The molecule has 1 saturated heterocycles.